The predicted molar refractivity (Wildman–Crippen MR) is 192 cm³/mol. The van der Waals surface area contributed by atoms with Gasteiger partial charge in [0, 0.05) is 23.3 Å². The third kappa shape index (κ3) is 5.18. The van der Waals surface area contributed by atoms with Crippen molar-refractivity contribution in [2.24, 2.45) is 57.5 Å². The number of pyridine rings is 1. The van der Waals surface area contributed by atoms with Crippen molar-refractivity contribution in [3.05, 3.63) is 59.8 Å². The number of methoxy groups -OCH3 is 1. The summed E-state index contributed by atoms with van der Waals surface area (Å²) in [6.45, 7) is 14.9. The van der Waals surface area contributed by atoms with E-state index in [1.807, 2.05) is 24.3 Å². The molecular weight excluding hydrogens is 610 g/mol. The minimum absolute atomic E-state index is 0.0387. The standard InChI is InChI=1S/C42H59N3O4/c1-26(2)29-17-22-41(45-37(47)49-34-10-8-9-25-44-34)23-24-42(43)31(35(29)41)15-16-33-39(5)20-18-30(27-11-13-28(14-12-27)36(46)48-7)38(3,4)32(39)19-21-40(33,42)6/h8-14,25-26,29-33,35H,15-24,43H2,1-7H3,(H,45,47)/t29-,30?,31+,32-,33+,35+,39-,40+,41-,42-/m0/s1. The first-order valence-electron chi connectivity index (χ1n) is 19.1. The highest BCUT2D eigenvalue weighted by Crippen LogP contribution is 2.74. The van der Waals surface area contributed by atoms with Crippen LogP contribution in [0.25, 0.3) is 0 Å². The summed E-state index contributed by atoms with van der Waals surface area (Å²) in [5, 5.41) is 3.48. The first-order valence-corrected chi connectivity index (χ1v) is 19.1. The van der Waals surface area contributed by atoms with Crippen molar-refractivity contribution in [2.45, 2.75) is 123 Å². The van der Waals surface area contributed by atoms with Gasteiger partial charge in [-0.3, -0.25) is 0 Å². The molecule has 5 aliphatic rings. The molecule has 5 saturated carbocycles. The van der Waals surface area contributed by atoms with Gasteiger partial charge in [-0.15, -0.1) is 0 Å². The Balaban J connectivity index is 1.16. The molecular formula is C42H59N3O4. The van der Waals surface area contributed by atoms with Crippen LogP contribution >= 0.6 is 0 Å². The smallest absolute Gasteiger partial charge is 0.414 e. The topological polar surface area (TPSA) is 104 Å². The number of rotatable bonds is 5. The number of hydrogen-bond donors (Lipinski definition) is 2. The maximum Gasteiger partial charge on any atom is 0.414 e. The molecule has 0 saturated heterocycles. The predicted octanol–water partition coefficient (Wildman–Crippen LogP) is 8.92. The van der Waals surface area contributed by atoms with E-state index < -0.39 is 0 Å². The van der Waals surface area contributed by atoms with E-state index in [9.17, 15) is 9.59 Å². The number of nitrogens with two attached hydrogens (primary N) is 1. The molecule has 7 rings (SSSR count). The molecule has 1 heterocycles. The van der Waals surface area contributed by atoms with Crippen LogP contribution in [0.5, 0.6) is 5.88 Å². The molecule has 2 aromatic rings. The lowest BCUT2D eigenvalue weighted by molar-refractivity contribution is -0.207. The monoisotopic (exact) mass is 669 g/mol. The van der Waals surface area contributed by atoms with Gasteiger partial charge in [0.15, 0.2) is 0 Å². The Bertz CT molecular complexity index is 1560. The van der Waals surface area contributed by atoms with Gasteiger partial charge in [0.1, 0.15) is 0 Å². The maximum atomic E-state index is 13.5. The summed E-state index contributed by atoms with van der Waals surface area (Å²) in [6, 6.07) is 13.6. The van der Waals surface area contributed by atoms with Crippen molar-refractivity contribution in [3.8, 4) is 5.88 Å². The number of ether oxygens (including phenoxy) is 2. The Morgan fingerprint density at radius 2 is 1.63 bits per heavy atom. The summed E-state index contributed by atoms with van der Waals surface area (Å²) in [5.74, 6) is 3.42. The van der Waals surface area contributed by atoms with Crippen molar-refractivity contribution in [2.75, 3.05) is 7.11 Å². The van der Waals surface area contributed by atoms with E-state index in [-0.39, 0.29) is 39.4 Å². The van der Waals surface area contributed by atoms with Crippen molar-refractivity contribution < 1.29 is 19.1 Å². The molecule has 7 nitrogen and oxygen atoms in total. The normalized spacial score (nSPS) is 40.7. The van der Waals surface area contributed by atoms with Gasteiger partial charge >= 0.3 is 12.1 Å². The molecule has 1 unspecified atom stereocenters. The number of nitrogens with zero attached hydrogens (tertiary/aromatic N) is 1. The Hall–Kier alpha value is -2.93. The molecule has 5 aliphatic carbocycles. The molecule has 0 spiro atoms. The zero-order valence-electron chi connectivity index (χ0n) is 30.9. The lowest BCUT2D eigenvalue weighted by Gasteiger charge is -2.72. The van der Waals surface area contributed by atoms with Crippen LogP contribution in [0.4, 0.5) is 4.79 Å². The number of carbonyl (C=O) groups excluding carboxylic acids is 2. The number of esters is 1. The SMILES string of the molecule is COC(=O)c1ccc(C2CC[C@]3(C)[C@H]4CC[C@@H]5[C@H]6[C@H](C(C)C)CC[C@]6(NC(=O)Oc6ccccn6)CC[C@@]5(N)[C@]4(C)CC[C@H]3C2(C)C)cc1. The lowest BCUT2D eigenvalue weighted by Crippen LogP contribution is -2.75. The Morgan fingerprint density at radius 1 is 0.878 bits per heavy atom. The number of fused-ring (bicyclic) bond motifs is 7. The van der Waals surface area contributed by atoms with Gasteiger partial charge in [0.05, 0.1) is 12.7 Å². The van der Waals surface area contributed by atoms with Crippen LogP contribution in [0.1, 0.15) is 128 Å². The van der Waals surface area contributed by atoms with Gasteiger partial charge < -0.3 is 20.5 Å². The highest BCUT2D eigenvalue weighted by molar-refractivity contribution is 5.89. The fraction of sp³-hybridized carbons (Fsp3) is 0.690. The summed E-state index contributed by atoms with van der Waals surface area (Å²) in [7, 11) is 1.44. The lowest BCUT2D eigenvalue weighted by atomic mass is 9.34. The van der Waals surface area contributed by atoms with Crippen LogP contribution in [0.15, 0.2) is 48.7 Å². The minimum atomic E-state index is -0.385. The first kappa shape index (κ1) is 34.5. The summed E-state index contributed by atoms with van der Waals surface area (Å²) < 4.78 is 10.7. The fourth-order valence-electron chi connectivity index (χ4n) is 13.6. The Kier molecular flexibility index (Phi) is 8.52. The first-order chi connectivity index (χ1) is 23.2. The number of aromatic nitrogens is 1. The second kappa shape index (κ2) is 12.1. The number of benzene rings is 1. The van der Waals surface area contributed by atoms with E-state index in [1.54, 1.807) is 12.3 Å². The van der Waals surface area contributed by atoms with E-state index in [0.29, 0.717) is 52.9 Å². The average molecular weight is 670 g/mol. The number of nitrogens with one attached hydrogen (secondary N) is 1. The molecule has 1 aromatic heterocycles. The maximum absolute atomic E-state index is 13.5. The van der Waals surface area contributed by atoms with Crippen LogP contribution in [-0.4, -0.2) is 35.2 Å². The molecule has 5 fully saturated rings. The molecule has 0 aliphatic heterocycles. The number of amides is 1. The third-order valence-electron chi connectivity index (χ3n) is 15.8. The van der Waals surface area contributed by atoms with Crippen LogP contribution in [0.2, 0.25) is 0 Å². The van der Waals surface area contributed by atoms with Crippen LogP contribution in [0.3, 0.4) is 0 Å². The summed E-state index contributed by atoms with van der Waals surface area (Å²) >= 11 is 0. The Labute approximate surface area is 293 Å². The second-order valence-corrected chi connectivity index (χ2v) is 18.1. The molecule has 49 heavy (non-hydrogen) atoms. The number of carbonyl (C=O) groups is 2. The summed E-state index contributed by atoms with van der Waals surface area (Å²) in [4.78, 5) is 29.8. The van der Waals surface area contributed by atoms with E-state index in [4.69, 9.17) is 15.2 Å². The molecule has 0 bridgehead atoms. The van der Waals surface area contributed by atoms with Gasteiger partial charge in [-0.05, 0) is 146 Å². The van der Waals surface area contributed by atoms with E-state index in [0.717, 1.165) is 44.9 Å². The molecule has 10 atom stereocenters. The largest absolute Gasteiger partial charge is 0.465 e. The second-order valence-electron chi connectivity index (χ2n) is 18.1. The van der Waals surface area contributed by atoms with Crippen molar-refractivity contribution in [3.63, 3.8) is 0 Å². The summed E-state index contributed by atoms with van der Waals surface area (Å²) in [5.41, 5.74) is 9.77. The zero-order chi connectivity index (χ0) is 35.0. The van der Waals surface area contributed by atoms with Crippen molar-refractivity contribution in [1.29, 1.82) is 0 Å². The van der Waals surface area contributed by atoms with Gasteiger partial charge in [-0.25, -0.2) is 14.6 Å². The van der Waals surface area contributed by atoms with Crippen molar-refractivity contribution in [1.82, 2.24) is 10.3 Å². The number of hydrogen-bond acceptors (Lipinski definition) is 6. The molecule has 3 N–H and O–H groups in total. The minimum Gasteiger partial charge on any atom is -0.465 e. The quantitative estimate of drug-likeness (QED) is 0.308. The molecule has 7 heteroatoms. The van der Waals surface area contributed by atoms with Crippen LogP contribution in [0, 0.1) is 51.8 Å². The van der Waals surface area contributed by atoms with Crippen LogP contribution in [-0.2, 0) is 4.74 Å². The third-order valence-corrected chi connectivity index (χ3v) is 15.8. The highest BCUT2D eigenvalue weighted by atomic mass is 16.6. The Morgan fingerprint density at radius 3 is 2.31 bits per heavy atom. The molecule has 266 valence electrons. The van der Waals surface area contributed by atoms with Gasteiger partial charge in [0.2, 0.25) is 5.88 Å². The highest BCUT2D eigenvalue weighted by Gasteiger charge is 2.71. The van der Waals surface area contributed by atoms with Gasteiger partial charge in [-0.1, -0.05) is 59.7 Å². The van der Waals surface area contributed by atoms with Gasteiger partial charge in [0.25, 0.3) is 0 Å². The van der Waals surface area contributed by atoms with E-state index in [2.05, 4.69) is 64.0 Å². The van der Waals surface area contributed by atoms with Crippen LogP contribution < -0.4 is 15.8 Å². The molecule has 0 radical (unpaired) electrons. The summed E-state index contributed by atoms with van der Waals surface area (Å²) in [6.07, 6.45) is 12.3. The van der Waals surface area contributed by atoms with E-state index >= 15 is 0 Å². The molecule has 1 aromatic carbocycles. The van der Waals surface area contributed by atoms with Gasteiger partial charge in [-0.2, -0.15) is 0 Å². The van der Waals surface area contributed by atoms with Crippen molar-refractivity contribution >= 4 is 12.1 Å². The zero-order valence-corrected chi connectivity index (χ0v) is 30.9. The average Bonchev–Trinajstić information content (AvgIpc) is 3.44. The molecule has 1 amide bonds. The fourth-order valence-corrected chi connectivity index (χ4v) is 13.6. The van der Waals surface area contributed by atoms with E-state index in [1.165, 1.54) is 31.9 Å².